The van der Waals surface area contributed by atoms with E-state index in [0.717, 1.165) is 26.1 Å². The minimum Gasteiger partial charge on any atom is -0.493 e. The van der Waals surface area contributed by atoms with Gasteiger partial charge in [-0.25, -0.2) is 0 Å². The number of Topliss-reactive ketones (excluding diaryl/α,β-unsaturated/α-hetero) is 1. The monoisotopic (exact) mass is 223 g/mol. The van der Waals surface area contributed by atoms with Crippen LogP contribution in [-0.4, -0.2) is 35.8 Å². The quantitative estimate of drug-likeness (QED) is 0.747. The molecule has 1 saturated heterocycles. The number of aryl methyl sites for hydroxylation is 1. The maximum atomic E-state index is 12.2. The molecule has 1 aliphatic heterocycles. The summed E-state index contributed by atoms with van der Waals surface area (Å²) in [5.74, 6) is 0.813. The van der Waals surface area contributed by atoms with Crippen molar-refractivity contribution in [3.63, 3.8) is 0 Å². The van der Waals surface area contributed by atoms with Gasteiger partial charge in [0, 0.05) is 25.6 Å². The van der Waals surface area contributed by atoms with Gasteiger partial charge in [0.15, 0.2) is 11.5 Å². The highest BCUT2D eigenvalue weighted by Crippen LogP contribution is 2.23. The van der Waals surface area contributed by atoms with Crippen LogP contribution in [0.25, 0.3) is 0 Å². The van der Waals surface area contributed by atoms with Gasteiger partial charge in [-0.3, -0.25) is 9.48 Å². The number of carbonyl (C=O) groups is 1. The summed E-state index contributed by atoms with van der Waals surface area (Å²) in [6.07, 6.45) is 2.57. The molecule has 0 radical (unpaired) electrons. The fourth-order valence-electron chi connectivity index (χ4n) is 1.81. The van der Waals surface area contributed by atoms with Crippen LogP contribution in [0.1, 0.15) is 23.8 Å². The predicted octanol–water partition coefficient (Wildman–Crippen LogP) is 0.704. The van der Waals surface area contributed by atoms with E-state index < -0.39 is 0 Å². The Kier molecular flexibility index (Phi) is 3.24. The molecule has 0 spiro atoms. The second kappa shape index (κ2) is 4.65. The molecule has 5 heteroatoms. The molecule has 2 rings (SSSR count). The zero-order valence-electron chi connectivity index (χ0n) is 9.69. The highest BCUT2D eigenvalue weighted by Gasteiger charge is 2.30. The number of hydrogen-bond donors (Lipinski definition) is 1. The summed E-state index contributed by atoms with van der Waals surface area (Å²) < 4.78 is 6.94. The number of rotatable bonds is 5. The van der Waals surface area contributed by atoms with Gasteiger partial charge in [-0.15, -0.1) is 0 Å². The Hall–Kier alpha value is -1.36. The van der Waals surface area contributed by atoms with E-state index in [1.165, 1.54) is 0 Å². The SMILES string of the molecule is CCCn1ncc(OC)c1C(=O)C1CNC1. The zero-order chi connectivity index (χ0) is 11.5. The van der Waals surface area contributed by atoms with Crippen LogP contribution < -0.4 is 10.1 Å². The smallest absolute Gasteiger partial charge is 0.190 e. The molecule has 1 aromatic heterocycles. The molecule has 0 aromatic carbocycles. The van der Waals surface area contributed by atoms with Crippen LogP contribution in [0.3, 0.4) is 0 Å². The molecule has 0 saturated carbocycles. The fraction of sp³-hybridized carbons (Fsp3) is 0.636. The van der Waals surface area contributed by atoms with Gasteiger partial charge in [-0.2, -0.15) is 5.10 Å². The number of nitrogens with zero attached hydrogens (tertiary/aromatic N) is 2. The van der Waals surface area contributed by atoms with E-state index in [0.29, 0.717) is 11.4 Å². The Bertz CT molecular complexity index is 383. The van der Waals surface area contributed by atoms with Crippen molar-refractivity contribution < 1.29 is 9.53 Å². The number of aromatic nitrogens is 2. The van der Waals surface area contributed by atoms with Crippen molar-refractivity contribution in [1.29, 1.82) is 0 Å². The van der Waals surface area contributed by atoms with Crippen LogP contribution >= 0.6 is 0 Å². The van der Waals surface area contributed by atoms with Gasteiger partial charge in [0.2, 0.25) is 0 Å². The van der Waals surface area contributed by atoms with Crippen molar-refractivity contribution in [2.24, 2.45) is 5.92 Å². The molecule has 0 aliphatic carbocycles. The number of ketones is 1. The number of nitrogens with one attached hydrogen (secondary N) is 1. The zero-order valence-corrected chi connectivity index (χ0v) is 9.69. The van der Waals surface area contributed by atoms with E-state index in [1.807, 2.05) is 0 Å². The lowest BCUT2D eigenvalue weighted by Crippen LogP contribution is -2.47. The molecule has 1 N–H and O–H groups in total. The molecular formula is C11H17N3O2. The first-order valence-electron chi connectivity index (χ1n) is 5.62. The maximum Gasteiger partial charge on any atom is 0.190 e. The summed E-state index contributed by atoms with van der Waals surface area (Å²) in [5, 5.41) is 7.29. The molecular weight excluding hydrogens is 206 g/mol. The lowest BCUT2D eigenvalue weighted by Gasteiger charge is -2.25. The lowest BCUT2D eigenvalue weighted by atomic mass is 9.95. The van der Waals surface area contributed by atoms with Crippen LogP contribution in [0.15, 0.2) is 6.20 Å². The van der Waals surface area contributed by atoms with Crippen molar-refractivity contribution >= 4 is 5.78 Å². The Labute approximate surface area is 94.8 Å². The second-order valence-corrected chi connectivity index (χ2v) is 4.00. The van der Waals surface area contributed by atoms with E-state index in [1.54, 1.807) is 18.0 Å². The average Bonchev–Trinajstić information content (AvgIpc) is 2.58. The van der Waals surface area contributed by atoms with E-state index in [9.17, 15) is 4.79 Å². The fourth-order valence-corrected chi connectivity index (χ4v) is 1.81. The molecule has 0 atom stereocenters. The van der Waals surface area contributed by atoms with E-state index in [2.05, 4.69) is 17.3 Å². The van der Waals surface area contributed by atoms with Gasteiger partial charge < -0.3 is 10.1 Å². The first kappa shape index (κ1) is 11.1. The largest absolute Gasteiger partial charge is 0.493 e. The van der Waals surface area contributed by atoms with Crippen molar-refractivity contribution in [3.05, 3.63) is 11.9 Å². The molecule has 0 amide bonds. The minimum atomic E-state index is 0.0845. The molecule has 5 nitrogen and oxygen atoms in total. The third-order valence-electron chi connectivity index (χ3n) is 2.85. The van der Waals surface area contributed by atoms with Crippen molar-refractivity contribution in [2.75, 3.05) is 20.2 Å². The highest BCUT2D eigenvalue weighted by atomic mass is 16.5. The normalized spacial score (nSPS) is 15.9. The molecule has 2 heterocycles. The average molecular weight is 223 g/mol. The van der Waals surface area contributed by atoms with Gasteiger partial charge in [0.05, 0.1) is 13.3 Å². The van der Waals surface area contributed by atoms with Crippen LogP contribution in [-0.2, 0) is 6.54 Å². The molecule has 16 heavy (non-hydrogen) atoms. The lowest BCUT2D eigenvalue weighted by molar-refractivity contribution is 0.0863. The van der Waals surface area contributed by atoms with E-state index >= 15 is 0 Å². The van der Waals surface area contributed by atoms with Crippen LogP contribution in [0.5, 0.6) is 5.75 Å². The third kappa shape index (κ3) is 1.82. The molecule has 88 valence electrons. The van der Waals surface area contributed by atoms with E-state index in [-0.39, 0.29) is 11.7 Å². The first-order valence-corrected chi connectivity index (χ1v) is 5.62. The van der Waals surface area contributed by atoms with Crippen molar-refractivity contribution in [2.45, 2.75) is 19.9 Å². The Morgan fingerprint density at radius 1 is 1.69 bits per heavy atom. The van der Waals surface area contributed by atoms with Crippen LogP contribution in [0.4, 0.5) is 0 Å². The summed E-state index contributed by atoms with van der Waals surface area (Å²) in [4.78, 5) is 12.2. The molecule has 1 aromatic rings. The Morgan fingerprint density at radius 3 is 2.94 bits per heavy atom. The third-order valence-corrected chi connectivity index (χ3v) is 2.85. The Morgan fingerprint density at radius 2 is 2.44 bits per heavy atom. The van der Waals surface area contributed by atoms with Crippen molar-refractivity contribution in [3.8, 4) is 5.75 Å². The minimum absolute atomic E-state index is 0.0845. The highest BCUT2D eigenvalue weighted by molar-refractivity contribution is 5.99. The molecule has 0 bridgehead atoms. The summed E-state index contributed by atoms with van der Waals surface area (Å²) in [6.45, 7) is 4.34. The number of ether oxygens (including phenoxy) is 1. The standard InChI is InChI=1S/C11H17N3O2/c1-3-4-14-10(9(16-2)7-13-14)11(15)8-5-12-6-8/h7-8,12H,3-6H2,1-2H3. The summed E-state index contributed by atoms with van der Waals surface area (Å²) >= 11 is 0. The number of methoxy groups -OCH3 is 1. The number of carbonyl (C=O) groups excluding carboxylic acids is 1. The first-order chi connectivity index (χ1) is 7.77. The summed E-state index contributed by atoms with van der Waals surface area (Å²) in [5.41, 5.74) is 0.621. The van der Waals surface area contributed by atoms with E-state index in [4.69, 9.17) is 4.74 Å². The number of hydrogen-bond acceptors (Lipinski definition) is 4. The van der Waals surface area contributed by atoms with Gasteiger partial charge in [-0.05, 0) is 6.42 Å². The molecule has 0 unspecified atom stereocenters. The van der Waals surface area contributed by atoms with Crippen LogP contribution in [0, 0.1) is 5.92 Å². The predicted molar refractivity (Wildman–Crippen MR) is 59.8 cm³/mol. The molecule has 1 aliphatic rings. The van der Waals surface area contributed by atoms with Gasteiger partial charge in [0.1, 0.15) is 5.69 Å². The summed E-state index contributed by atoms with van der Waals surface area (Å²) in [7, 11) is 1.57. The molecule has 1 fully saturated rings. The van der Waals surface area contributed by atoms with Crippen LogP contribution in [0.2, 0.25) is 0 Å². The Balaban J connectivity index is 2.27. The van der Waals surface area contributed by atoms with Gasteiger partial charge in [-0.1, -0.05) is 6.92 Å². The topological polar surface area (TPSA) is 56.2 Å². The van der Waals surface area contributed by atoms with Crippen molar-refractivity contribution in [1.82, 2.24) is 15.1 Å². The second-order valence-electron chi connectivity index (χ2n) is 4.00. The maximum absolute atomic E-state index is 12.2. The summed E-state index contributed by atoms with van der Waals surface area (Å²) in [6, 6.07) is 0. The van der Waals surface area contributed by atoms with Gasteiger partial charge >= 0.3 is 0 Å². The van der Waals surface area contributed by atoms with Gasteiger partial charge in [0.25, 0.3) is 0 Å².